The highest BCUT2D eigenvalue weighted by Crippen LogP contribution is 2.55. The Hall–Kier alpha value is -4.02. The standard InChI is InChI=1S/C26H18ClFN4O2/c27-18-6-3-15(4-7-18)24(33)23-22(17-2-1-11-31-13-17)26(14-29,25(30)34)21-10-5-16-12-19(28)8-9-20(16)32(21)23/h1-13,21-23H,(H2,30,34)/t21-,22+,23-,26+/m0/s1. The van der Waals surface area contributed by atoms with Crippen molar-refractivity contribution in [3.8, 4) is 6.07 Å². The molecule has 0 unspecified atom stereocenters. The van der Waals surface area contributed by atoms with Crippen molar-refractivity contribution in [2.45, 2.75) is 18.0 Å². The number of nitrogens with two attached hydrogens (primary N) is 1. The summed E-state index contributed by atoms with van der Waals surface area (Å²) in [5.41, 5.74) is 6.09. The van der Waals surface area contributed by atoms with Crippen LogP contribution < -0.4 is 10.6 Å². The highest BCUT2D eigenvalue weighted by atomic mass is 35.5. The SMILES string of the molecule is N#C[C@]1(C(N)=O)[C@H](c2cccnc2)[C@@H](C(=O)c2ccc(Cl)cc2)N2c3ccc(F)cc3C=C[C@H]21. The van der Waals surface area contributed by atoms with Crippen LogP contribution >= 0.6 is 11.6 Å². The molecule has 0 aliphatic carbocycles. The molecule has 0 saturated carbocycles. The molecule has 1 fully saturated rings. The van der Waals surface area contributed by atoms with E-state index in [0.717, 1.165) is 0 Å². The average molecular weight is 473 g/mol. The summed E-state index contributed by atoms with van der Waals surface area (Å²) in [5, 5.41) is 10.9. The number of carbonyl (C=O) groups is 2. The number of carbonyl (C=O) groups excluding carboxylic acids is 2. The van der Waals surface area contributed by atoms with Gasteiger partial charge in [-0.05, 0) is 54.1 Å². The summed E-state index contributed by atoms with van der Waals surface area (Å²) in [5.74, 6) is -2.54. The molecule has 8 heteroatoms. The second kappa shape index (κ2) is 8.08. The molecule has 6 nitrogen and oxygen atoms in total. The van der Waals surface area contributed by atoms with Gasteiger partial charge >= 0.3 is 0 Å². The van der Waals surface area contributed by atoms with Crippen molar-refractivity contribution in [1.82, 2.24) is 4.98 Å². The van der Waals surface area contributed by atoms with Crippen LogP contribution in [0.5, 0.6) is 0 Å². The van der Waals surface area contributed by atoms with Gasteiger partial charge in [-0.3, -0.25) is 14.6 Å². The lowest BCUT2D eigenvalue weighted by atomic mass is 9.68. The molecule has 5 rings (SSSR count). The number of pyridine rings is 1. The number of rotatable bonds is 4. The molecular formula is C26H18ClFN4O2. The molecule has 2 aromatic carbocycles. The summed E-state index contributed by atoms with van der Waals surface area (Å²) in [6.45, 7) is 0. The summed E-state index contributed by atoms with van der Waals surface area (Å²) in [6, 6.07) is 14.3. The lowest BCUT2D eigenvalue weighted by Gasteiger charge is -2.36. The van der Waals surface area contributed by atoms with Gasteiger partial charge in [0.1, 0.15) is 11.9 Å². The monoisotopic (exact) mass is 472 g/mol. The van der Waals surface area contributed by atoms with E-state index in [-0.39, 0.29) is 5.78 Å². The van der Waals surface area contributed by atoms with Crippen molar-refractivity contribution in [2.24, 2.45) is 11.1 Å². The van der Waals surface area contributed by atoms with Gasteiger partial charge in [0.05, 0.1) is 12.1 Å². The molecule has 3 heterocycles. The van der Waals surface area contributed by atoms with Crippen molar-refractivity contribution in [3.05, 3.63) is 101 Å². The Morgan fingerprint density at radius 2 is 1.94 bits per heavy atom. The lowest BCUT2D eigenvalue weighted by Crippen LogP contribution is -2.49. The minimum atomic E-state index is -1.78. The number of benzene rings is 2. The molecular weight excluding hydrogens is 455 g/mol. The molecule has 4 atom stereocenters. The first-order chi connectivity index (χ1) is 16.4. The maximum atomic E-state index is 14.0. The number of primary amides is 1. The fraction of sp³-hybridized carbons (Fsp3) is 0.154. The van der Waals surface area contributed by atoms with Crippen molar-refractivity contribution in [2.75, 3.05) is 4.90 Å². The van der Waals surface area contributed by atoms with E-state index in [0.29, 0.717) is 27.4 Å². The van der Waals surface area contributed by atoms with E-state index in [4.69, 9.17) is 17.3 Å². The average Bonchev–Trinajstić information content (AvgIpc) is 3.16. The molecule has 1 saturated heterocycles. The highest BCUT2D eigenvalue weighted by Gasteiger charge is 2.65. The fourth-order valence-electron chi connectivity index (χ4n) is 5.18. The number of aromatic nitrogens is 1. The third-order valence-electron chi connectivity index (χ3n) is 6.63. The van der Waals surface area contributed by atoms with E-state index in [1.54, 1.807) is 65.7 Å². The Labute approximate surface area is 200 Å². The Balaban J connectivity index is 1.80. The smallest absolute Gasteiger partial charge is 0.241 e. The van der Waals surface area contributed by atoms with Crippen LogP contribution in [0.25, 0.3) is 6.08 Å². The fourth-order valence-corrected chi connectivity index (χ4v) is 5.30. The van der Waals surface area contributed by atoms with Crippen LogP contribution in [0, 0.1) is 22.6 Å². The Morgan fingerprint density at radius 1 is 1.18 bits per heavy atom. The van der Waals surface area contributed by atoms with Gasteiger partial charge < -0.3 is 10.6 Å². The van der Waals surface area contributed by atoms with Crippen molar-refractivity contribution in [1.29, 1.82) is 5.26 Å². The van der Waals surface area contributed by atoms with E-state index in [1.165, 1.54) is 18.3 Å². The number of nitrogens with zero attached hydrogens (tertiary/aromatic N) is 3. The number of nitriles is 1. The minimum absolute atomic E-state index is 0.320. The van der Waals surface area contributed by atoms with Gasteiger partial charge in [-0.2, -0.15) is 5.26 Å². The van der Waals surface area contributed by atoms with Gasteiger partial charge in [0.2, 0.25) is 5.91 Å². The number of hydrogen-bond donors (Lipinski definition) is 1. The number of hydrogen-bond acceptors (Lipinski definition) is 5. The predicted octanol–water partition coefficient (Wildman–Crippen LogP) is 4.12. The lowest BCUT2D eigenvalue weighted by molar-refractivity contribution is -0.125. The zero-order valence-electron chi connectivity index (χ0n) is 17.7. The van der Waals surface area contributed by atoms with Crippen LogP contribution in [0.2, 0.25) is 5.02 Å². The van der Waals surface area contributed by atoms with Crippen molar-refractivity contribution in [3.63, 3.8) is 0 Å². The molecule has 2 N–H and O–H groups in total. The maximum absolute atomic E-state index is 14.0. The summed E-state index contributed by atoms with van der Waals surface area (Å²) < 4.78 is 14.0. The van der Waals surface area contributed by atoms with Gasteiger partial charge in [0, 0.05) is 40.1 Å². The Morgan fingerprint density at radius 3 is 2.59 bits per heavy atom. The van der Waals surface area contributed by atoms with Crippen LogP contribution in [0.4, 0.5) is 10.1 Å². The number of amides is 1. The van der Waals surface area contributed by atoms with Gasteiger partial charge in [-0.1, -0.05) is 29.8 Å². The van der Waals surface area contributed by atoms with Gasteiger partial charge in [-0.15, -0.1) is 0 Å². The van der Waals surface area contributed by atoms with E-state index in [9.17, 15) is 19.2 Å². The zero-order chi connectivity index (χ0) is 24.0. The quantitative estimate of drug-likeness (QED) is 0.576. The minimum Gasteiger partial charge on any atom is -0.368 e. The normalized spacial score (nSPS) is 24.7. The van der Waals surface area contributed by atoms with E-state index < -0.39 is 35.1 Å². The summed E-state index contributed by atoms with van der Waals surface area (Å²) in [6.07, 6.45) is 6.41. The molecule has 3 aromatic rings. The third kappa shape index (κ3) is 3.11. The third-order valence-corrected chi connectivity index (χ3v) is 6.88. The Bertz CT molecular complexity index is 1370. The number of anilines is 1. The maximum Gasteiger partial charge on any atom is 0.241 e. The van der Waals surface area contributed by atoms with E-state index >= 15 is 0 Å². The molecule has 0 radical (unpaired) electrons. The first-order valence-corrected chi connectivity index (χ1v) is 10.9. The molecule has 2 aliphatic rings. The molecule has 0 spiro atoms. The molecule has 168 valence electrons. The topological polar surface area (TPSA) is 100 Å². The summed E-state index contributed by atoms with van der Waals surface area (Å²) >= 11 is 6.02. The van der Waals surface area contributed by atoms with Gasteiger partial charge in [-0.25, -0.2) is 4.39 Å². The van der Waals surface area contributed by atoms with Crippen LogP contribution in [-0.2, 0) is 4.79 Å². The van der Waals surface area contributed by atoms with E-state index in [1.807, 2.05) is 0 Å². The van der Waals surface area contributed by atoms with Crippen LogP contribution in [0.15, 0.2) is 73.1 Å². The van der Waals surface area contributed by atoms with Gasteiger partial charge in [0.25, 0.3) is 0 Å². The van der Waals surface area contributed by atoms with Crippen molar-refractivity contribution >= 4 is 35.1 Å². The second-order valence-electron chi connectivity index (χ2n) is 8.34. The first kappa shape index (κ1) is 21.8. The van der Waals surface area contributed by atoms with Crippen LogP contribution in [0.1, 0.15) is 27.4 Å². The molecule has 1 amide bonds. The number of Topliss-reactive ketones (excluding diaryl/α,β-unsaturated/α-hetero) is 1. The first-order valence-electron chi connectivity index (χ1n) is 10.6. The summed E-state index contributed by atoms with van der Waals surface area (Å²) in [4.78, 5) is 33.0. The molecule has 2 aliphatic heterocycles. The van der Waals surface area contributed by atoms with Gasteiger partial charge in [0.15, 0.2) is 11.2 Å². The number of ketones is 1. The second-order valence-corrected chi connectivity index (χ2v) is 8.78. The number of halogens is 2. The summed E-state index contributed by atoms with van der Waals surface area (Å²) in [7, 11) is 0. The molecule has 0 bridgehead atoms. The highest BCUT2D eigenvalue weighted by molar-refractivity contribution is 6.30. The van der Waals surface area contributed by atoms with Crippen molar-refractivity contribution < 1.29 is 14.0 Å². The zero-order valence-corrected chi connectivity index (χ0v) is 18.5. The van der Waals surface area contributed by atoms with Crippen LogP contribution in [0.3, 0.4) is 0 Å². The molecule has 1 aromatic heterocycles. The molecule has 34 heavy (non-hydrogen) atoms. The number of fused-ring (bicyclic) bond motifs is 3. The largest absolute Gasteiger partial charge is 0.368 e. The van der Waals surface area contributed by atoms with Crippen LogP contribution in [-0.4, -0.2) is 28.8 Å². The predicted molar refractivity (Wildman–Crippen MR) is 125 cm³/mol. The van der Waals surface area contributed by atoms with E-state index in [2.05, 4.69) is 11.1 Å². The Kier molecular flexibility index (Phi) is 5.18.